The van der Waals surface area contributed by atoms with E-state index >= 15 is 0 Å². The lowest BCUT2D eigenvalue weighted by molar-refractivity contribution is -0.118. The van der Waals surface area contributed by atoms with Gasteiger partial charge in [-0.1, -0.05) is 22.9 Å². The van der Waals surface area contributed by atoms with Gasteiger partial charge in [0.25, 0.3) is 11.5 Å². The zero-order chi connectivity index (χ0) is 18.8. The summed E-state index contributed by atoms with van der Waals surface area (Å²) in [6, 6.07) is 4.95. The van der Waals surface area contributed by atoms with Crippen molar-refractivity contribution in [2.24, 2.45) is 0 Å². The highest BCUT2D eigenvalue weighted by molar-refractivity contribution is 7.15. The van der Waals surface area contributed by atoms with Gasteiger partial charge in [-0.15, -0.1) is 11.3 Å². The van der Waals surface area contributed by atoms with Crippen molar-refractivity contribution >= 4 is 56.4 Å². The van der Waals surface area contributed by atoms with Gasteiger partial charge in [0.2, 0.25) is 4.96 Å². The molecule has 1 aromatic carbocycles. The molecule has 0 bridgehead atoms. The summed E-state index contributed by atoms with van der Waals surface area (Å²) in [6.07, 6.45) is 4.57. The van der Waals surface area contributed by atoms with Crippen LogP contribution >= 0.6 is 34.3 Å². The highest BCUT2D eigenvalue weighted by Gasteiger charge is 2.10. The number of halogens is 1. The van der Waals surface area contributed by atoms with Crippen LogP contribution in [0, 0.1) is 0 Å². The number of hydrogen-bond donors (Lipinski definition) is 1. The van der Waals surface area contributed by atoms with E-state index in [1.807, 2.05) is 0 Å². The van der Waals surface area contributed by atoms with Crippen LogP contribution in [0.5, 0.6) is 5.75 Å². The van der Waals surface area contributed by atoms with Gasteiger partial charge < -0.3 is 4.74 Å². The number of nitrogens with one attached hydrogen (secondary N) is 1. The summed E-state index contributed by atoms with van der Waals surface area (Å²) in [6.45, 7) is -0.207. The van der Waals surface area contributed by atoms with E-state index in [-0.39, 0.29) is 18.1 Å². The average Bonchev–Trinajstić information content (AvgIpc) is 3.36. The lowest BCUT2D eigenvalue weighted by atomic mass is 10.2. The number of benzene rings is 1. The van der Waals surface area contributed by atoms with Crippen LogP contribution < -0.4 is 20.1 Å². The molecule has 3 aromatic heterocycles. The van der Waals surface area contributed by atoms with E-state index in [0.717, 1.165) is 0 Å². The molecule has 8 nitrogen and oxygen atoms in total. The van der Waals surface area contributed by atoms with Gasteiger partial charge in [-0.3, -0.25) is 14.9 Å². The molecular weight excluding hydrogens is 410 g/mol. The smallest absolute Gasteiger partial charge is 0.291 e. The van der Waals surface area contributed by atoms with Gasteiger partial charge in [-0.2, -0.15) is 9.61 Å². The molecule has 0 radical (unpaired) electrons. The SMILES string of the molecule is O=C(COc1ccc(Cl)cc1/C=c1\sc2ncnn2c1=O)Nc1nccs1. The Kier molecular flexibility index (Phi) is 4.84. The van der Waals surface area contributed by atoms with Gasteiger partial charge >= 0.3 is 0 Å². The van der Waals surface area contributed by atoms with Crippen LogP contribution in [-0.2, 0) is 4.79 Å². The normalized spacial score (nSPS) is 11.8. The van der Waals surface area contributed by atoms with E-state index in [0.29, 0.717) is 31.0 Å². The largest absolute Gasteiger partial charge is 0.483 e. The number of fused-ring (bicyclic) bond motifs is 1. The number of ether oxygens (including phenoxy) is 1. The van der Waals surface area contributed by atoms with Gasteiger partial charge in [-0.05, 0) is 24.3 Å². The number of hydrogen-bond acceptors (Lipinski definition) is 8. The fourth-order valence-electron chi connectivity index (χ4n) is 2.27. The number of aromatic nitrogens is 4. The fourth-order valence-corrected chi connectivity index (χ4v) is 3.86. The second kappa shape index (κ2) is 7.43. The van der Waals surface area contributed by atoms with E-state index in [1.54, 1.807) is 35.9 Å². The van der Waals surface area contributed by atoms with Crippen LogP contribution in [-0.4, -0.2) is 32.1 Å². The Bertz CT molecular complexity index is 1220. The van der Waals surface area contributed by atoms with Gasteiger partial charge in [-0.25, -0.2) is 9.97 Å². The lowest BCUT2D eigenvalue weighted by Crippen LogP contribution is -2.23. The third-order valence-electron chi connectivity index (χ3n) is 3.42. The first-order valence-corrected chi connectivity index (χ1v) is 9.63. The molecule has 0 saturated heterocycles. The molecule has 11 heteroatoms. The van der Waals surface area contributed by atoms with Crippen LogP contribution in [0.15, 0.2) is 40.9 Å². The van der Waals surface area contributed by atoms with Crippen LogP contribution in [0.3, 0.4) is 0 Å². The minimum absolute atomic E-state index is 0.207. The van der Waals surface area contributed by atoms with E-state index in [9.17, 15) is 9.59 Å². The fraction of sp³-hybridized carbons (Fsp3) is 0.0625. The molecule has 4 aromatic rings. The molecule has 136 valence electrons. The summed E-state index contributed by atoms with van der Waals surface area (Å²) < 4.78 is 7.27. The molecule has 0 aliphatic carbocycles. The Balaban J connectivity index is 1.60. The summed E-state index contributed by atoms with van der Waals surface area (Å²) in [5.41, 5.74) is 0.297. The molecule has 0 unspecified atom stereocenters. The van der Waals surface area contributed by atoms with Crippen molar-refractivity contribution in [1.82, 2.24) is 19.6 Å². The monoisotopic (exact) mass is 419 g/mol. The van der Waals surface area contributed by atoms with E-state index in [4.69, 9.17) is 16.3 Å². The Morgan fingerprint density at radius 1 is 1.37 bits per heavy atom. The highest BCUT2D eigenvalue weighted by Crippen LogP contribution is 2.24. The predicted molar refractivity (Wildman–Crippen MR) is 104 cm³/mol. The van der Waals surface area contributed by atoms with Crippen molar-refractivity contribution in [3.63, 3.8) is 0 Å². The van der Waals surface area contributed by atoms with Crippen molar-refractivity contribution in [1.29, 1.82) is 0 Å². The molecule has 1 N–H and O–H groups in total. The Hall–Kier alpha value is -2.82. The number of carbonyl (C=O) groups is 1. The van der Waals surface area contributed by atoms with E-state index in [1.165, 1.54) is 33.5 Å². The summed E-state index contributed by atoms with van der Waals surface area (Å²) in [4.78, 5) is 32.8. The van der Waals surface area contributed by atoms with Crippen molar-refractivity contribution in [2.45, 2.75) is 0 Å². The first-order valence-electron chi connectivity index (χ1n) is 7.56. The first-order chi connectivity index (χ1) is 13.1. The molecule has 0 fully saturated rings. The van der Waals surface area contributed by atoms with Crippen molar-refractivity contribution in [2.75, 3.05) is 11.9 Å². The average molecular weight is 420 g/mol. The number of anilines is 1. The predicted octanol–water partition coefficient (Wildman–Crippen LogP) is 1.83. The number of rotatable bonds is 5. The Labute approximate surface area is 164 Å². The van der Waals surface area contributed by atoms with Crippen LogP contribution in [0.25, 0.3) is 11.0 Å². The van der Waals surface area contributed by atoms with Crippen LogP contribution in [0.2, 0.25) is 5.02 Å². The van der Waals surface area contributed by atoms with Crippen LogP contribution in [0.4, 0.5) is 5.13 Å². The van der Waals surface area contributed by atoms with Crippen LogP contribution in [0.1, 0.15) is 5.56 Å². The molecule has 0 aliphatic heterocycles. The molecule has 0 atom stereocenters. The quantitative estimate of drug-likeness (QED) is 0.530. The van der Waals surface area contributed by atoms with Crippen molar-refractivity contribution in [3.8, 4) is 5.75 Å². The van der Waals surface area contributed by atoms with Crippen molar-refractivity contribution in [3.05, 3.63) is 61.6 Å². The number of amides is 1. The van der Waals surface area contributed by atoms with E-state index < -0.39 is 0 Å². The first kappa shape index (κ1) is 17.6. The third-order valence-corrected chi connectivity index (χ3v) is 5.31. The molecule has 0 spiro atoms. The minimum Gasteiger partial charge on any atom is -0.483 e. The maximum atomic E-state index is 12.3. The molecule has 0 saturated carbocycles. The summed E-state index contributed by atoms with van der Waals surface area (Å²) >= 11 is 8.59. The summed E-state index contributed by atoms with van der Waals surface area (Å²) in [5, 5.41) is 9.26. The van der Waals surface area contributed by atoms with Gasteiger partial charge in [0.05, 0.1) is 4.53 Å². The second-order valence-corrected chi connectivity index (χ2v) is 7.57. The Morgan fingerprint density at radius 2 is 2.26 bits per heavy atom. The summed E-state index contributed by atoms with van der Waals surface area (Å²) in [5.74, 6) is 0.0845. The number of carbonyl (C=O) groups excluding carboxylic acids is 1. The molecule has 4 rings (SSSR count). The number of thiazole rings is 2. The maximum Gasteiger partial charge on any atom is 0.291 e. The third kappa shape index (κ3) is 3.82. The van der Waals surface area contributed by atoms with Gasteiger partial charge in [0.15, 0.2) is 11.7 Å². The number of nitrogens with zero attached hydrogens (tertiary/aromatic N) is 4. The zero-order valence-electron chi connectivity index (χ0n) is 13.5. The summed E-state index contributed by atoms with van der Waals surface area (Å²) in [7, 11) is 0. The minimum atomic E-state index is -0.339. The molecule has 27 heavy (non-hydrogen) atoms. The standard InChI is InChI=1S/C16H10ClN5O3S2/c17-10-1-2-11(25-7-13(23)21-15-18-3-4-26-15)9(5-10)6-12-14(24)22-16(27-12)19-8-20-22/h1-6,8H,7H2,(H,18,21,23)/b12-6-. The Morgan fingerprint density at radius 3 is 3.04 bits per heavy atom. The lowest BCUT2D eigenvalue weighted by Gasteiger charge is -2.09. The van der Waals surface area contributed by atoms with E-state index in [2.05, 4.69) is 20.4 Å². The molecule has 0 aliphatic rings. The molecular formula is C16H10ClN5O3S2. The highest BCUT2D eigenvalue weighted by atomic mass is 35.5. The van der Waals surface area contributed by atoms with Gasteiger partial charge in [0.1, 0.15) is 12.1 Å². The topological polar surface area (TPSA) is 98.5 Å². The van der Waals surface area contributed by atoms with Gasteiger partial charge in [0, 0.05) is 22.2 Å². The second-order valence-electron chi connectivity index (χ2n) is 5.23. The maximum absolute atomic E-state index is 12.3. The molecule has 3 heterocycles. The molecule has 1 amide bonds. The zero-order valence-corrected chi connectivity index (χ0v) is 15.8. The van der Waals surface area contributed by atoms with Crippen molar-refractivity contribution < 1.29 is 9.53 Å².